The number of nitrogens with zero attached hydrogens (tertiary/aromatic N) is 1. The van der Waals surface area contributed by atoms with Gasteiger partial charge in [-0.05, 0) is 48.6 Å². The molecule has 2 N–H and O–H groups in total. The van der Waals surface area contributed by atoms with Gasteiger partial charge in [-0.2, -0.15) is 0 Å². The molecule has 0 bridgehead atoms. The van der Waals surface area contributed by atoms with Crippen molar-refractivity contribution in [3.8, 4) is 0 Å². The molecule has 0 radical (unpaired) electrons. The third-order valence-corrected chi connectivity index (χ3v) is 4.59. The molecular weight excluding hydrogens is 288 g/mol. The predicted octanol–water partition coefficient (Wildman–Crippen LogP) is 2.84. The maximum Gasteiger partial charge on any atom is 0.317 e. The smallest absolute Gasteiger partial charge is 0.317 e. The Balaban J connectivity index is 1.84. The van der Waals surface area contributed by atoms with Gasteiger partial charge >= 0.3 is 6.03 Å². The lowest BCUT2D eigenvalue weighted by atomic mass is 9.94. The zero-order valence-electron chi connectivity index (χ0n) is 14.4. The van der Waals surface area contributed by atoms with E-state index in [4.69, 9.17) is 0 Å². The van der Waals surface area contributed by atoms with E-state index >= 15 is 0 Å². The normalized spacial score (nSPS) is 15.9. The quantitative estimate of drug-likeness (QED) is 0.847. The Morgan fingerprint density at radius 1 is 1.22 bits per heavy atom. The number of fused-ring (bicyclic) bond motifs is 1. The average Bonchev–Trinajstić information content (AvgIpc) is 2.75. The van der Waals surface area contributed by atoms with Crippen molar-refractivity contribution < 1.29 is 9.90 Å². The van der Waals surface area contributed by atoms with Crippen molar-refractivity contribution in [1.82, 2.24) is 10.2 Å². The Morgan fingerprint density at radius 2 is 1.83 bits per heavy atom. The molecule has 4 nitrogen and oxygen atoms in total. The van der Waals surface area contributed by atoms with E-state index in [1.54, 1.807) is 0 Å². The lowest BCUT2D eigenvalue weighted by Gasteiger charge is -2.24. The monoisotopic (exact) mass is 318 g/mol. The molecule has 2 amide bonds. The van der Waals surface area contributed by atoms with Crippen LogP contribution in [0.2, 0.25) is 0 Å². The van der Waals surface area contributed by atoms with Crippen molar-refractivity contribution in [1.29, 1.82) is 0 Å². The molecule has 0 fully saturated rings. The molecular formula is C19H30N2O2. The summed E-state index contributed by atoms with van der Waals surface area (Å²) in [4.78, 5) is 14.4. The molecule has 1 atom stereocenters. The molecule has 23 heavy (non-hydrogen) atoms. The molecule has 1 unspecified atom stereocenters. The highest BCUT2D eigenvalue weighted by Crippen LogP contribution is 2.17. The molecule has 0 saturated heterocycles. The molecule has 1 aliphatic rings. The molecule has 4 heteroatoms. The number of carbonyl (C=O) groups is 1. The van der Waals surface area contributed by atoms with Crippen molar-refractivity contribution >= 4 is 6.03 Å². The van der Waals surface area contributed by atoms with Gasteiger partial charge in [0.15, 0.2) is 0 Å². The number of aliphatic hydroxyl groups excluding tert-OH is 1. The van der Waals surface area contributed by atoms with Crippen LogP contribution in [0, 0.1) is 11.8 Å². The van der Waals surface area contributed by atoms with Gasteiger partial charge in [-0.15, -0.1) is 0 Å². The summed E-state index contributed by atoms with van der Waals surface area (Å²) in [5, 5.41) is 12.3. The molecule has 0 saturated carbocycles. The van der Waals surface area contributed by atoms with E-state index in [-0.39, 0.29) is 12.6 Å². The van der Waals surface area contributed by atoms with Crippen LogP contribution in [0.3, 0.4) is 0 Å². The SMILES string of the molecule is CC(C)CC(CCO)CNC(=O)N1CCc2ccccc2CC1. The third kappa shape index (κ3) is 5.54. The van der Waals surface area contributed by atoms with Crippen molar-refractivity contribution in [3.05, 3.63) is 35.4 Å². The number of benzene rings is 1. The topological polar surface area (TPSA) is 52.6 Å². The van der Waals surface area contributed by atoms with E-state index in [2.05, 4.69) is 43.4 Å². The van der Waals surface area contributed by atoms with Crippen molar-refractivity contribution in [2.75, 3.05) is 26.2 Å². The molecule has 128 valence electrons. The Bertz CT molecular complexity index is 475. The minimum absolute atomic E-state index is 0.0319. The first kappa shape index (κ1) is 17.8. The molecule has 1 aromatic carbocycles. The van der Waals surface area contributed by atoms with E-state index < -0.39 is 0 Å². The first-order valence-corrected chi connectivity index (χ1v) is 8.80. The Labute approximate surface area is 139 Å². The third-order valence-electron chi connectivity index (χ3n) is 4.59. The summed E-state index contributed by atoms with van der Waals surface area (Å²) in [5.74, 6) is 0.935. The van der Waals surface area contributed by atoms with Crippen LogP contribution in [-0.4, -0.2) is 42.3 Å². The van der Waals surface area contributed by atoms with E-state index in [1.165, 1.54) is 11.1 Å². The predicted molar refractivity (Wildman–Crippen MR) is 93.5 cm³/mol. The lowest BCUT2D eigenvalue weighted by Crippen LogP contribution is -2.43. The summed E-state index contributed by atoms with van der Waals surface area (Å²) in [7, 11) is 0. The van der Waals surface area contributed by atoms with Crippen LogP contribution in [0.1, 0.15) is 37.8 Å². The van der Waals surface area contributed by atoms with Crippen LogP contribution in [0.4, 0.5) is 4.79 Å². The molecule has 1 heterocycles. The molecule has 0 aliphatic carbocycles. The summed E-state index contributed by atoms with van der Waals surface area (Å²) in [6, 6.07) is 8.50. The molecule has 0 aromatic heterocycles. The second-order valence-corrected chi connectivity index (χ2v) is 6.95. The summed E-state index contributed by atoms with van der Waals surface area (Å²) in [5.41, 5.74) is 2.72. The number of nitrogens with one attached hydrogen (secondary N) is 1. The number of hydrogen-bond acceptors (Lipinski definition) is 2. The van der Waals surface area contributed by atoms with E-state index in [0.717, 1.165) is 38.8 Å². The van der Waals surface area contributed by atoms with Gasteiger partial charge in [-0.1, -0.05) is 38.1 Å². The van der Waals surface area contributed by atoms with Crippen LogP contribution < -0.4 is 5.32 Å². The van der Waals surface area contributed by atoms with Gasteiger partial charge < -0.3 is 15.3 Å². The highest BCUT2D eigenvalue weighted by atomic mass is 16.3. The molecule has 0 spiro atoms. The van der Waals surface area contributed by atoms with Crippen molar-refractivity contribution in [2.24, 2.45) is 11.8 Å². The lowest BCUT2D eigenvalue weighted by molar-refractivity contribution is 0.193. The Morgan fingerprint density at radius 3 is 2.35 bits per heavy atom. The second-order valence-electron chi connectivity index (χ2n) is 6.95. The number of carbonyl (C=O) groups excluding carboxylic acids is 1. The van der Waals surface area contributed by atoms with Gasteiger partial charge in [0, 0.05) is 26.2 Å². The number of aliphatic hydroxyl groups is 1. The van der Waals surface area contributed by atoms with E-state index in [1.807, 2.05) is 4.90 Å². The van der Waals surface area contributed by atoms with Crippen LogP contribution in [0.15, 0.2) is 24.3 Å². The first-order valence-electron chi connectivity index (χ1n) is 8.80. The zero-order valence-corrected chi connectivity index (χ0v) is 14.4. The fraction of sp³-hybridized carbons (Fsp3) is 0.632. The Kier molecular flexibility index (Phi) is 6.90. The van der Waals surface area contributed by atoms with E-state index in [9.17, 15) is 9.90 Å². The average molecular weight is 318 g/mol. The summed E-state index contributed by atoms with van der Waals surface area (Å²) in [6.07, 6.45) is 3.64. The highest BCUT2D eigenvalue weighted by molar-refractivity contribution is 5.74. The van der Waals surface area contributed by atoms with Crippen LogP contribution >= 0.6 is 0 Å². The van der Waals surface area contributed by atoms with Gasteiger partial charge in [0.2, 0.25) is 0 Å². The standard InChI is InChI=1S/C19H30N2O2/c1-15(2)13-16(9-12-22)14-20-19(23)21-10-7-17-5-3-4-6-18(17)8-11-21/h3-6,15-16,22H,7-14H2,1-2H3,(H,20,23). The van der Waals surface area contributed by atoms with E-state index in [0.29, 0.717) is 18.4 Å². The van der Waals surface area contributed by atoms with Crippen LogP contribution in [0.25, 0.3) is 0 Å². The van der Waals surface area contributed by atoms with Crippen molar-refractivity contribution in [2.45, 2.75) is 39.5 Å². The number of urea groups is 1. The number of amides is 2. The minimum Gasteiger partial charge on any atom is -0.396 e. The van der Waals surface area contributed by atoms with Gasteiger partial charge in [-0.3, -0.25) is 0 Å². The summed E-state index contributed by atoms with van der Waals surface area (Å²) >= 11 is 0. The Hall–Kier alpha value is -1.55. The molecule has 1 aromatic rings. The summed E-state index contributed by atoms with van der Waals surface area (Å²) in [6.45, 7) is 6.75. The number of hydrogen-bond donors (Lipinski definition) is 2. The van der Waals surface area contributed by atoms with Crippen molar-refractivity contribution in [3.63, 3.8) is 0 Å². The zero-order chi connectivity index (χ0) is 16.7. The van der Waals surface area contributed by atoms with Crippen LogP contribution in [-0.2, 0) is 12.8 Å². The van der Waals surface area contributed by atoms with Gasteiger partial charge in [-0.25, -0.2) is 4.79 Å². The van der Waals surface area contributed by atoms with Gasteiger partial charge in [0.1, 0.15) is 0 Å². The molecule has 2 rings (SSSR count). The fourth-order valence-corrected chi connectivity index (χ4v) is 3.37. The maximum atomic E-state index is 12.4. The van der Waals surface area contributed by atoms with Gasteiger partial charge in [0.05, 0.1) is 0 Å². The van der Waals surface area contributed by atoms with Crippen LogP contribution in [0.5, 0.6) is 0 Å². The second kappa shape index (κ2) is 8.92. The largest absolute Gasteiger partial charge is 0.396 e. The summed E-state index contributed by atoms with van der Waals surface area (Å²) < 4.78 is 0. The van der Waals surface area contributed by atoms with Gasteiger partial charge in [0.25, 0.3) is 0 Å². The molecule has 1 aliphatic heterocycles. The first-order chi connectivity index (χ1) is 11.1. The maximum absolute atomic E-state index is 12.4. The minimum atomic E-state index is 0.0319. The number of rotatable bonds is 6. The highest BCUT2D eigenvalue weighted by Gasteiger charge is 2.19. The fourth-order valence-electron chi connectivity index (χ4n) is 3.37.